The van der Waals surface area contributed by atoms with E-state index in [1.807, 2.05) is 23.6 Å². The average molecular weight is 348 g/mol. The number of morpholine rings is 1. The molecule has 0 bridgehead atoms. The number of ether oxygens (including phenoxy) is 1. The minimum absolute atomic E-state index is 0.0376. The van der Waals surface area contributed by atoms with Gasteiger partial charge in [-0.1, -0.05) is 24.3 Å². The van der Waals surface area contributed by atoms with Gasteiger partial charge in [0.1, 0.15) is 0 Å². The predicted octanol–water partition coefficient (Wildman–Crippen LogP) is 2.98. The van der Waals surface area contributed by atoms with E-state index in [-0.39, 0.29) is 16.7 Å². The molecule has 1 aromatic carbocycles. The molecule has 2 aromatic rings. The summed E-state index contributed by atoms with van der Waals surface area (Å²) in [6.07, 6.45) is 0.0196. The highest BCUT2D eigenvalue weighted by Gasteiger charge is 2.28. The second-order valence-electron chi connectivity index (χ2n) is 5.85. The number of thiophene rings is 1. The van der Waals surface area contributed by atoms with Crippen LogP contribution < -0.4 is 0 Å². The summed E-state index contributed by atoms with van der Waals surface area (Å²) < 4.78 is 5.56. The molecular formula is C17H20N2O4S. The zero-order valence-corrected chi connectivity index (χ0v) is 14.0. The summed E-state index contributed by atoms with van der Waals surface area (Å²) in [5.74, 6) is 0. The molecular weight excluding hydrogens is 328 g/mol. The van der Waals surface area contributed by atoms with Gasteiger partial charge in [0.05, 0.1) is 24.2 Å². The number of nitro groups is 1. The molecule has 0 unspecified atom stereocenters. The predicted molar refractivity (Wildman–Crippen MR) is 92.0 cm³/mol. The van der Waals surface area contributed by atoms with Crippen molar-refractivity contribution >= 4 is 17.0 Å². The molecule has 1 N–H and O–H groups in total. The molecule has 1 aliphatic heterocycles. The zero-order valence-electron chi connectivity index (χ0n) is 13.2. The Morgan fingerprint density at radius 2 is 2.21 bits per heavy atom. The average Bonchev–Trinajstić information content (AvgIpc) is 3.11. The molecule has 7 heteroatoms. The Morgan fingerprint density at radius 3 is 2.96 bits per heavy atom. The Kier molecular flexibility index (Phi) is 5.57. The van der Waals surface area contributed by atoms with Crippen molar-refractivity contribution in [3.63, 3.8) is 0 Å². The molecule has 2 atom stereocenters. The van der Waals surface area contributed by atoms with Crippen molar-refractivity contribution in [3.05, 3.63) is 62.3 Å². The minimum Gasteiger partial charge on any atom is -0.388 e. The van der Waals surface area contributed by atoms with E-state index in [0.29, 0.717) is 38.3 Å². The number of para-hydroxylation sites is 1. The minimum atomic E-state index is -0.537. The van der Waals surface area contributed by atoms with E-state index in [1.165, 1.54) is 17.4 Å². The third kappa shape index (κ3) is 3.99. The number of rotatable bonds is 6. The van der Waals surface area contributed by atoms with Crippen molar-refractivity contribution in [1.29, 1.82) is 0 Å². The van der Waals surface area contributed by atoms with Crippen LogP contribution in [0.25, 0.3) is 0 Å². The van der Waals surface area contributed by atoms with Crippen LogP contribution >= 0.6 is 11.3 Å². The number of hydrogen-bond acceptors (Lipinski definition) is 6. The van der Waals surface area contributed by atoms with E-state index < -0.39 is 6.10 Å². The molecule has 128 valence electrons. The van der Waals surface area contributed by atoms with Crippen molar-refractivity contribution < 1.29 is 14.8 Å². The number of aliphatic hydroxyl groups excluding tert-OH is 1. The first-order valence-electron chi connectivity index (χ1n) is 7.90. The normalized spacial score (nSPS) is 20.0. The maximum Gasteiger partial charge on any atom is 0.273 e. The van der Waals surface area contributed by atoms with Gasteiger partial charge in [0.2, 0.25) is 0 Å². The van der Waals surface area contributed by atoms with Gasteiger partial charge >= 0.3 is 0 Å². The molecule has 2 heterocycles. The summed E-state index contributed by atoms with van der Waals surface area (Å²) in [4.78, 5) is 14.0. The maximum atomic E-state index is 11.2. The molecule has 0 saturated carbocycles. The van der Waals surface area contributed by atoms with Gasteiger partial charge < -0.3 is 9.84 Å². The maximum absolute atomic E-state index is 11.2. The Bertz CT molecular complexity index is 677. The molecule has 1 saturated heterocycles. The summed E-state index contributed by atoms with van der Waals surface area (Å²) in [6.45, 7) is 2.32. The van der Waals surface area contributed by atoms with Crippen molar-refractivity contribution in [2.45, 2.75) is 25.1 Å². The number of hydrogen-bond donors (Lipinski definition) is 1. The van der Waals surface area contributed by atoms with Crippen molar-refractivity contribution in [2.24, 2.45) is 0 Å². The van der Waals surface area contributed by atoms with Gasteiger partial charge in [0.25, 0.3) is 5.69 Å². The third-order valence-corrected chi connectivity index (χ3v) is 5.25. The molecule has 0 radical (unpaired) electrons. The van der Waals surface area contributed by atoms with E-state index >= 15 is 0 Å². The summed E-state index contributed by atoms with van der Waals surface area (Å²) >= 11 is 1.53. The lowest BCUT2D eigenvalue weighted by Crippen LogP contribution is -2.45. The van der Waals surface area contributed by atoms with E-state index in [1.54, 1.807) is 12.1 Å². The van der Waals surface area contributed by atoms with Crippen LogP contribution in [0.4, 0.5) is 5.69 Å². The monoisotopic (exact) mass is 348 g/mol. The number of aliphatic hydroxyl groups is 1. The summed E-state index contributed by atoms with van der Waals surface area (Å²) in [5, 5.41) is 23.6. The van der Waals surface area contributed by atoms with E-state index in [9.17, 15) is 15.2 Å². The fourth-order valence-corrected chi connectivity index (χ4v) is 3.74. The van der Waals surface area contributed by atoms with Crippen LogP contribution in [-0.4, -0.2) is 40.7 Å². The highest BCUT2D eigenvalue weighted by molar-refractivity contribution is 7.10. The van der Waals surface area contributed by atoms with Gasteiger partial charge in [-0.25, -0.2) is 0 Å². The van der Waals surface area contributed by atoms with Crippen LogP contribution in [-0.2, 0) is 11.3 Å². The van der Waals surface area contributed by atoms with Gasteiger partial charge in [-0.2, -0.15) is 0 Å². The molecule has 0 amide bonds. The largest absolute Gasteiger partial charge is 0.388 e. The molecule has 0 aliphatic carbocycles. The number of nitro benzene ring substituents is 1. The molecule has 24 heavy (non-hydrogen) atoms. The first-order chi connectivity index (χ1) is 11.6. The smallest absolute Gasteiger partial charge is 0.273 e. The number of nitrogens with zero attached hydrogens (tertiary/aromatic N) is 2. The molecule has 3 rings (SSSR count). The van der Waals surface area contributed by atoms with Crippen molar-refractivity contribution in [2.75, 3.05) is 19.8 Å². The van der Waals surface area contributed by atoms with E-state index in [4.69, 9.17) is 4.74 Å². The second kappa shape index (κ2) is 7.85. The topological polar surface area (TPSA) is 75.8 Å². The Balaban J connectivity index is 1.72. The van der Waals surface area contributed by atoms with Crippen LogP contribution in [0.15, 0.2) is 41.8 Å². The van der Waals surface area contributed by atoms with Crippen molar-refractivity contribution in [3.8, 4) is 0 Å². The van der Waals surface area contributed by atoms with Gasteiger partial charge in [-0.15, -0.1) is 11.3 Å². The highest BCUT2D eigenvalue weighted by Crippen LogP contribution is 2.28. The fourth-order valence-electron chi connectivity index (χ4n) is 3.01. The summed E-state index contributed by atoms with van der Waals surface area (Å²) in [5.41, 5.74) is 0.835. The molecule has 1 fully saturated rings. The highest BCUT2D eigenvalue weighted by atomic mass is 32.1. The first kappa shape index (κ1) is 17.0. The number of benzene rings is 1. The Hall–Kier alpha value is -1.80. The van der Waals surface area contributed by atoms with Crippen molar-refractivity contribution in [1.82, 2.24) is 4.90 Å². The van der Waals surface area contributed by atoms with Gasteiger partial charge in [-0.05, 0) is 17.9 Å². The summed E-state index contributed by atoms with van der Waals surface area (Å²) in [7, 11) is 0. The quantitative estimate of drug-likeness (QED) is 0.641. The SMILES string of the molecule is O=[N+]([O-])c1ccccc1CN1CCOC[C@H]1C[C@@H](O)c1cccs1. The molecule has 0 spiro atoms. The lowest BCUT2D eigenvalue weighted by molar-refractivity contribution is -0.385. The van der Waals surface area contributed by atoms with Gasteiger partial charge in [0.15, 0.2) is 0 Å². The lowest BCUT2D eigenvalue weighted by Gasteiger charge is -2.36. The van der Waals surface area contributed by atoms with Crippen LogP contribution in [0.2, 0.25) is 0 Å². The standard InChI is InChI=1S/C17H20N2O4S/c20-16(17-6-3-9-24-17)10-14-12-23-8-7-18(14)11-13-4-1-2-5-15(13)19(21)22/h1-6,9,14,16,20H,7-8,10-12H2/t14-,16-/m1/s1. The van der Waals surface area contributed by atoms with Crippen LogP contribution in [0.3, 0.4) is 0 Å². The summed E-state index contributed by atoms with van der Waals surface area (Å²) in [6, 6.07) is 10.7. The van der Waals surface area contributed by atoms with E-state index in [0.717, 1.165) is 4.88 Å². The van der Waals surface area contributed by atoms with Gasteiger partial charge in [-0.3, -0.25) is 15.0 Å². The van der Waals surface area contributed by atoms with Crippen LogP contribution in [0.5, 0.6) is 0 Å². The third-order valence-electron chi connectivity index (χ3n) is 4.28. The zero-order chi connectivity index (χ0) is 16.9. The lowest BCUT2D eigenvalue weighted by atomic mass is 10.0. The molecule has 1 aromatic heterocycles. The molecule has 1 aliphatic rings. The molecule has 6 nitrogen and oxygen atoms in total. The van der Waals surface area contributed by atoms with Crippen LogP contribution in [0, 0.1) is 10.1 Å². The van der Waals surface area contributed by atoms with E-state index in [2.05, 4.69) is 4.90 Å². The Labute approximate surface area is 144 Å². The second-order valence-corrected chi connectivity index (χ2v) is 6.83. The fraction of sp³-hybridized carbons (Fsp3) is 0.412. The van der Waals surface area contributed by atoms with Gasteiger partial charge in [0, 0.05) is 35.6 Å². The first-order valence-corrected chi connectivity index (χ1v) is 8.78. The van der Waals surface area contributed by atoms with Crippen LogP contribution in [0.1, 0.15) is 23.0 Å². The Morgan fingerprint density at radius 1 is 1.38 bits per heavy atom.